The molecule has 16 N–H and O–H groups in total. The van der Waals surface area contributed by atoms with Gasteiger partial charge in [0.1, 0.15) is 30.2 Å². The molecule has 20 nitrogen and oxygen atoms in total. The molecule has 0 saturated heterocycles. The highest BCUT2D eigenvalue weighted by Crippen LogP contribution is 2.10. The fourth-order valence-electron chi connectivity index (χ4n) is 5.21. The molecule has 0 rings (SSSR count). The van der Waals surface area contributed by atoms with Crippen molar-refractivity contribution in [1.82, 2.24) is 31.9 Å². The summed E-state index contributed by atoms with van der Waals surface area (Å²) in [6.45, 7) is 6.56. The van der Waals surface area contributed by atoms with Crippen LogP contribution in [0.4, 0.5) is 0 Å². The van der Waals surface area contributed by atoms with Crippen molar-refractivity contribution in [3.8, 4) is 0 Å². The maximum Gasteiger partial charge on any atom is 0.326 e. The van der Waals surface area contributed by atoms with E-state index in [1.807, 2.05) is 27.7 Å². The van der Waals surface area contributed by atoms with Gasteiger partial charge in [0.2, 0.25) is 41.4 Å². The number of primary amides is 1. The SMILES string of the molecule is CC(C)C[C@H](NC(=O)[C@H](CCCCN)NC(=O)[C@@H](N)CC(C)C)C(=O)NCC(=O)N[C@@H](CO)C(=O)N[C@@H](CCCCN)C(=O)N[C@@H](CCC(N)=O)C(=O)O. The Hall–Kier alpha value is -4.40. The lowest BCUT2D eigenvalue weighted by Gasteiger charge is -2.25. The summed E-state index contributed by atoms with van der Waals surface area (Å²) in [5.41, 5.74) is 22.2. The van der Waals surface area contributed by atoms with E-state index < -0.39 is 96.7 Å². The third kappa shape index (κ3) is 21.3. The number of rotatable bonds is 29. The van der Waals surface area contributed by atoms with Crippen LogP contribution in [0.3, 0.4) is 0 Å². The minimum absolute atomic E-state index is 0.0321. The zero-order chi connectivity index (χ0) is 41.4. The van der Waals surface area contributed by atoms with Gasteiger partial charge in [-0.3, -0.25) is 33.6 Å². The number of aliphatic hydroxyl groups is 1. The molecule has 0 aliphatic rings. The summed E-state index contributed by atoms with van der Waals surface area (Å²) < 4.78 is 0. The zero-order valence-electron chi connectivity index (χ0n) is 32.0. The van der Waals surface area contributed by atoms with E-state index in [-0.39, 0.29) is 50.5 Å². The monoisotopic (exact) mass is 772 g/mol. The molecule has 0 saturated carbocycles. The minimum Gasteiger partial charge on any atom is -0.480 e. The molecule has 0 aromatic heterocycles. The number of aliphatic carboxylic acids is 1. The van der Waals surface area contributed by atoms with E-state index >= 15 is 0 Å². The summed E-state index contributed by atoms with van der Waals surface area (Å²) in [5, 5.41) is 34.0. The second kappa shape index (κ2) is 27.2. The molecule has 0 fully saturated rings. The molecule has 0 heterocycles. The fourth-order valence-corrected chi connectivity index (χ4v) is 5.21. The molecule has 6 atom stereocenters. The third-order valence-corrected chi connectivity index (χ3v) is 8.11. The average molecular weight is 773 g/mol. The molecule has 0 unspecified atom stereocenters. The summed E-state index contributed by atoms with van der Waals surface area (Å²) >= 11 is 0. The Bertz CT molecular complexity index is 1240. The second-order valence-corrected chi connectivity index (χ2v) is 14.0. The lowest BCUT2D eigenvalue weighted by atomic mass is 10.0. The zero-order valence-corrected chi connectivity index (χ0v) is 32.0. The molecule has 0 aliphatic carbocycles. The third-order valence-electron chi connectivity index (χ3n) is 8.11. The summed E-state index contributed by atoms with van der Waals surface area (Å²) in [5.74, 6) is -6.73. The van der Waals surface area contributed by atoms with E-state index in [0.717, 1.165) is 0 Å². The Labute approximate surface area is 316 Å². The molecule has 0 aromatic rings. The van der Waals surface area contributed by atoms with E-state index in [1.54, 1.807) is 0 Å². The smallest absolute Gasteiger partial charge is 0.326 e. The van der Waals surface area contributed by atoms with Gasteiger partial charge >= 0.3 is 5.97 Å². The first kappa shape index (κ1) is 49.6. The number of hydrogen-bond donors (Lipinski definition) is 12. The van der Waals surface area contributed by atoms with Crippen LogP contribution in [0.1, 0.15) is 91.9 Å². The maximum absolute atomic E-state index is 13.4. The van der Waals surface area contributed by atoms with Crippen molar-refractivity contribution < 1.29 is 48.6 Å². The van der Waals surface area contributed by atoms with E-state index in [9.17, 15) is 48.6 Å². The highest BCUT2D eigenvalue weighted by Gasteiger charge is 2.31. The van der Waals surface area contributed by atoms with Crippen LogP contribution in [-0.2, 0) is 38.4 Å². The van der Waals surface area contributed by atoms with Crippen molar-refractivity contribution in [2.75, 3.05) is 26.2 Å². The Balaban J connectivity index is 5.65. The van der Waals surface area contributed by atoms with Gasteiger partial charge in [-0.2, -0.15) is 0 Å². The summed E-state index contributed by atoms with van der Waals surface area (Å²) in [6, 6.07) is -7.28. The summed E-state index contributed by atoms with van der Waals surface area (Å²) in [6.07, 6.45) is 2.20. The van der Waals surface area contributed by atoms with E-state index in [2.05, 4.69) is 31.9 Å². The quantitative estimate of drug-likeness (QED) is 0.0330. The minimum atomic E-state index is -1.57. The number of aliphatic hydroxyl groups excluding tert-OH is 1. The van der Waals surface area contributed by atoms with Crippen molar-refractivity contribution in [3.63, 3.8) is 0 Å². The Kier molecular flexibility index (Phi) is 25.0. The number of unbranched alkanes of at least 4 members (excludes halogenated alkanes) is 2. The standard InChI is InChI=1S/C34H64N10O10/c1-19(2)15-21(37)29(48)41-22(9-5-7-13-35)32(51)44-25(16-20(3)4)30(49)39-17-28(47)40-26(18-45)33(52)42-23(10-6-8-14-36)31(50)43-24(34(53)54)11-12-27(38)46/h19-26,45H,5-18,35-37H2,1-4H3,(H2,38,46)(H,39,49)(H,40,47)(H,41,48)(H,42,52)(H,43,50)(H,44,51)(H,53,54)/t21-,22-,23-,24-,25-,26-/m0/s1. The van der Waals surface area contributed by atoms with Crippen molar-refractivity contribution in [2.24, 2.45) is 34.8 Å². The predicted octanol–water partition coefficient (Wildman–Crippen LogP) is -3.45. The van der Waals surface area contributed by atoms with Gasteiger partial charge in [0.15, 0.2) is 0 Å². The molecule has 0 aliphatic heterocycles. The van der Waals surface area contributed by atoms with E-state index in [4.69, 9.17) is 22.9 Å². The molecular formula is C34H64N10O10. The normalized spacial score (nSPS) is 14.5. The van der Waals surface area contributed by atoms with E-state index in [1.165, 1.54) is 0 Å². The van der Waals surface area contributed by atoms with Crippen LogP contribution in [-0.4, -0.2) is 120 Å². The first-order valence-corrected chi connectivity index (χ1v) is 18.4. The first-order valence-electron chi connectivity index (χ1n) is 18.4. The van der Waals surface area contributed by atoms with Gasteiger partial charge in [0.05, 0.1) is 19.2 Å². The molecule has 7 amide bonds. The van der Waals surface area contributed by atoms with Gasteiger partial charge < -0.3 is 65.0 Å². The Morgan fingerprint density at radius 3 is 1.48 bits per heavy atom. The molecule has 20 heteroatoms. The number of amides is 7. The molecule has 0 aromatic carbocycles. The number of nitrogens with two attached hydrogens (primary N) is 4. The number of hydrogen-bond acceptors (Lipinski definition) is 12. The number of nitrogens with one attached hydrogen (secondary N) is 6. The Morgan fingerprint density at radius 1 is 0.574 bits per heavy atom. The largest absolute Gasteiger partial charge is 0.480 e. The molecule has 54 heavy (non-hydrogen) atoms. The molecule has 0 bridgehead atoms. The highest BCUT2D eigenvalue weighted by atomic mass is 16.4. The van der Waals surface area contributed by atoms with Crippen molar-refractivity contribution >= 4 is 47.3 Å². The fraction of sp³-hybridized carbons (Fsp3) is 0.765. The van der Waals surface area contributed by atoms with Gasteiger partial charge in [0.25, 0.3) is 0 Å². The predicted molar refractivity (Wildman–Crippen MR) is 199 cm³/mol. The van der Waals surface area contributed by atoms with Gasteiger partial charge in [0, 0.05) is 6.42 Å². The van der Waals surface area contributed by atoms with Gasteiger partial charge in [-0.1, -0.05) is 27.7 Å². The van der Waals surface area contributed by atoms with Gasteiger partial charge in [-0.25, -0.2) is 4.79 Å². The summed E-state index contributed by atoms with van der Waals surface area (Å²) in [7, 11) is 0. The van der Waals surface area contributed by atoms with Crippen LogP contribution in [0, 0.1) is 11.8 Å². The van der Waals surface area contributed by atoms with Gasteiger partial charge in [-0.15, -0.1) is 0 Å². The first-order chi connectivity index (χ1) is 25.4. The second-order valence-electron chi connectivity index (χ2n) is 14.0. The maximum atomic E-state index is 13.4. The van der Waals surface area contributed by atoms with Gasteiger partial charge in [-0.05, 0) is 82.7 Å². The van der Waals surface area contributed by atoms with Crippen molar-refractivity contribution in [3.05, 3.63) is 0 Å². The molecular weight excluding hydrogens is 708 g/mol. The molecule has 310 valence electrons. The average Bonchev–Trinajstić information content (AvgIpc) is 3.09. The lowest BCUT2D eigenvalue weighted by molar-refractivity contribution is -0.142. The number of carboxylic acids is 1. The topological polar surface area (TPSA) is 353 Å². The highest BCUT2D eigenvalue weighted by molar-refractivity contribution is 5.96. The van der Waals surface area contributed by atoms with Crippen molar-refractivity contribution in [2.45, 2.75) is 128 Å². The van der Waals surface area contributed by atoms with Crippen LogP contribution in [0.25, 0.3) is 0 Å². The molecule has 0 radical (unpaired) electrons. The van der Waals surface area contributed by atoms with Crippen LogP contribution in [0.15, 0.2) is 0 Å². The van der Waals surface area contributed by atoms with Crippen molar-refractivity contribution in [1.29, 1.82) is 0 Å². The van der Waals surface area contributed by atoms with Crippen LogP contribution >= 0.6 is 0 Å². The van der Waals surface area contributed by atoms with Crippen LogP contribution in [0.5, 0.6) is 0 Å². The lowest BCUT2D eigenvalue weighted by Crippen LogP contribution is -2.58. The van der Waals surface area contributed by atoms with Crippen LogP contribution < -0.4 is 54.8 Å². The Morgan fingerprint density at radius 2 is 1.04 bits per heavy atom. The number of carboxylic acid groups (broad SMARTS) is 1. The number of carbonyl (C=O) groups is 8. The van der Waals surface area contributed by atoms with E-state index in [0.29, 0.717) is 38.6 Å². The number of carbonyl (C=O) groups excluding carboxylic acids is 7. The molecule has 0 spiro atoms. The summed E-state index contributed by atoms with van der Waals surface area (Å²) in [4.78, 5) is 101. The van der Waals surface area contributed by atoms with Crippen LogP contribution in [0.2, 0.25) is 0 Å².